The Morgan fingerprint density at radius 2 is 1.46 bits per heavy atom. The maximum Gasteiger partial charge on any atom is 0.234 e. The lowest BCUT2D eigenvalue weighted by molar-refractivity contribution is -0.122. The van der Waals surface area contributed by atoms with Crippen LogP contribution in [0.1, 0.15) is 45.8 Å². The van der Waals surface area contributed by atoms with Gasteiger partial charge in [-0.3, -0.25) is 19.4 Å². The van der Waals surface area contributed by atoms with Gasteiger partial charge in [0.1, 0.15) is 5.75 Å². The van der Waals surface area contributed by atoms with Crippen LogP contribution in [-0.2, 0) is 16.0 Å². The normalized spacial score (nSPS) is 12.4. The number of phenolic OH excluding ortho intramolecular Hbond substituents is 1. The third-order valence-electron chi connectivity index (χ3n) is 6.27. The smallest absolute Gasteiger partial charge is 0.234 e. The third kappa shape index (κ3) is 8.14. The molecule has 0 aliphatic carbocycles. The molecule has 0 fully saturated rings. The van der Waals surface area contributed by atoms with Gasteiger partial charge in [-0.1, -0.05) is 66.7 Å². The Morgan fingerprint density at radius 1 is 0.872 bits per heavy atom. The van der Waals surface area contributed by atoms with Crippen LogP contribution in [0.25, 0.3) is 0 Å². The van der Waals surface area contributed by atoms with Gasteiger partial charge in [0.05, 0.1) is 18.0 Å². The number of aromatic hydroxyl groups is 1. The standard InChI is InChI=1S/C29H34N6O4/c30-23(27(31)38)16-20-13-14-21(36)17-22(20)26(37)24(12-7-15-34-29(32)33)35-28(39)25(18-8-3-1-4-9-18)19-10-5-2-6-11-19/h1-6,8-11,13-14,17,23-25,36H,7,12,15-16,30H2,(H2,31,38)(H,35,39)(H4,32,33,34)/t23-,24+/m0/s1. The Labute approximate surface area is 227 Å². The Hall–Kier alpha value is -4.70. The van der Waals surface area contributed by atoms with Gasteiger partial charge in [-0.05, 0) is 48.1 Å². The zero-order chi connectivity index (χ0) is 28.4. The van der Waals surface area contributed by atoms with Crippen LogP contribution in [0, 0.1) is 0 Å². The van der Waals surface area contributed by atoms with Crippen molar-refractivity contribution in [1.82, 2.24) is 5.32 Å². The van der Waals surface area contributed by atoms with E-state index in [1.165, 1.54) is 18.2 Å². The van der Waals surface area contributed by atoms with E-state index < -0.39 is 29.7 Å². The van der Waals surface area contributed by atoms with E-state index >= 15 is 0 Å². The van der Waals surface area contributed by atoms with Crippen molar-refractivity contribution in [2.45, 2.75) is 37.3 Å². The van der Waals surface area contributed by atoms with Crippen LogP contribution in [0.2, 0.25) is 0 Å². The number of carbonyl (C=O) groups excluding carboxylic acids is 3. The Kier molecular flexibility index (Phi) is 10.2. The topological polar surface area (TPSA) is 200 Å². The predicted molar refractivity (Wildman–Crippen MR) is 150 cm³/mol. The maximum absolute atomic E-state index is 13.9. The first-order chi connectivity index (χ1) is 18.7. The number of nitrogens with zero attached hydrogens (tertiary/aromatic N) is 1. The van der Waals surface area contributed by atoms with Gasteiger partial charge in [0.25, 0.3) is 0 Å². The molecule has 0 aromatic heterocycles. The summed E-state index contributed by atoms with van der Waals surface area (Å²) in [5.41, 5.74) is 24.1. The number of ketones is 1. The molecule has 39 heavy (non-hydrogen) atoms. The van der Waals surface area contributed by atoms with E-state index in [2.05, 4.69) is 10.3 Å². The van der Waals surface area contributed by atoms with Gasteiger partial charge in [-0.25, -0.2) is 0 Å². The van der Waals surface area contributed by atoms with Crippen molar-refractivity contribution in [1.29, 1.82) is 0 Å². The minimum atomic E-state index is -1.03. The first-order valence-electron chi connectivity index (χ1n) is 12.5. The van der Waals surface area contributed by atoms with E-state index in [-0.39, 0.29) is 42.6 Å². The number of benzene rings is 3. The molecule has 3 aromatic rings. The van der Waals surface area contributed by atoms with Gasteiger partial charge >= 0.3 is 0 Å². The maximum atomic E-state index is 13.9. The van der Waals surface area contributed by atoms with Crippen LogP contribution in [-0.4, -0.2) is 47.3 Å². The number of rotatable bonds is 13. The van der Waals surface area contributed by atoms with Crippen LogP contribution in [0.15, 0.2) is 83.9 Å². The van der Waals surface area contributed by atoms with Crippen molar-refractivity contribution < 1.29 is 19.5 Å². The fraction of sp³-hybridized carbons (Fsp3) is 0.241. The van der Waals surface area contributed by atoms with Gasteiger partial charge in [0, 0.05) is 12.1 Å². The number of guanidine groups is 1. The number of Topliss-reactive ketones (excluding diaryl/α,β-unsaturated/α-hetero) is 1. The number of nitrogens with two attached hydrogens (primary N) is 4. The highest BCUT2D eigenvalue weighted by Gasteiger charge is 2.30. The number of aliphatic imine (C=N–C) groups is 1. The fourth-order valence-corrected chi connectivity index (χ4v) is 4.31. The number of carbonyl (C=O) groups is 3. The molecule has 0 aliphatic rings. The lowest BCUT2D eigenvalue weighted by Crippen LogP contribution is -2.44. The Bertz CT molecular complexity index is 1270. The molecule has 0 radical (unpaired) electrons. The number of nitrogens with one attached hydrogen (secondary N) is 1. The minimum absolute atomic E-state index is 0.0119. The number of phenols is 1. The monoisotopic (exact) mass is 530 g/mol. The molecule has 3 aromatic carbocycles. The molecule has 0 spiro atoms. The largest absolute Gasteiger partial charge is 0.508 e. The summed E-state index contributed by atoms with van der Waals surface area (Å²) in [5.74, 6) is -2.44. The molecule has 0 aliphatic heterocycles. The molecule has 0 saturated carbocycles. The third-order valence-corrected chi connectivity index (χ3v) is 6.27. The van der Waals surface area contributed by atoms with Crippen molar-refractivity contribution in [2.24, 2.45) is 27.9 Å². The molecule has 10 nitrogen and oxygen atoms in total. The molecule has 0 unspecified atom stereocenters. The van der Waals surface area contributed by atoms with Crippen LogP contribution >= 0.6 is 0 Å². The molecular formula is C29H34N6O4. The highest BCUT2D eigenvalue weighted by Crippen LogP contribution is 2.26. The zero-order valence-electron chi connectivity index (χ0n) is 21.5. The summed E-state index contributed by atoms with van der Waals surface area (Å²) in [4.78, 5) is 43.2. The molecule has 10 heteroatoms. The van der Waals surface area contributed by atoms with Gasteiger partial charge in [-0.15, -0.1) is 0 Å². The number of hydrogen-bond donors (Lipinski definition) is 6. The van der Waals surface area contributed by atoms with E-state index in [1.807, 2.05) is 60.7 Å². The van der Waals surface area contributed by atoms with Crippen molar-refractivity contribution in [2.75, 3.05) is 6.54 Å². The molecule has 0 saturated heterocycles. The van der Waals surface area contributed by atoms with Crippen LogP contribution in [0.5, 0.6) is 5.75 Å². The second-order valence-electron chi connectivity index (χ2n) is 9.18. The van der Waals surface area contributed by atoms with Crippen LogP contribution in [0.4, 0.5) is 0 Å². The van der Waals surface area contributed by atoms with E-state index in [4.69, 9.17) is 22.9 Å². The van der Waals surface area contributed by atoms with Crippen molar-refractivity contribution in [3.05, 3.63) is 101 Å². The zero-order valence-corrected chi connectivity index (χ0v) is 21.5. The highest BCUT2D eigenvalue weighted by atomic mass is 16.3. The molecule has 0 bridgehead atoms. The molecular weight excluding hydrogens is 496 g/mol. The van der Waals surface area contributed by atoms with Crippen molar-refractivity contribution in [3.63, 3.8) is 0 Å². The van der Waals surface area contributed by atoms with E-state index in [0.29, 0.717) is 12.0 Å². The number of hydrogen-bond acceptors (Lipinski definition) is 6. The van der Waals surface area contributed by atoms with Crippen molar-refractivity contribution in [3.8, 4) is 5.75 Å². The average molecular weight is 531 g/mol. The van der Waals surface area contributed by atoms with Crippen molar-refractivity contribution >= 4 is 23.6 Å². The SMILES string of the molecule is NC(=O)[C@@H](N)Cc1ccc(O)cc1C(=O)[C@@H](CCCN=C(N)N)NC(=O)C(c1ccccc1)c1ccccc1. The second-order valence-corrected chi connectivity index (χ2v) is 9.18. The van der Waals surface area contributed by atoms with Gasteiger partial charge in [-0.2, -0.15) is 0 Å². The first kappa shape index (κ1) is 28.9. The molecule has 204 valence electrons. The first-order valence-corrected chi connectivity index (χ1v) is 12.5. The van der Waals surface area contributed by atoms with Gasteiger partial charge < -0.3 is 33.4 Å². The quantitative estimate of drug-likeness (QED) is 0.0827. The summed E-state index contributed by atoms with van der Waals surface area (Å²) in [6.45, 7) is 0.252. The van der Waals surface area contributed by atoms with E-state index in [9.17, 15) is 19.5 Å². The molecule has 2 amide bonds. The summed E-state index contributed by atoms with van der Waals surface area (Å²) in [6.07, 6.45) is 0.599. The molecule has 10 N–H and O–H groups in total. The van der Waals surface area contributed by atoms with Crippen LogP contribution < -0.4 is 28.3 Å². The minimum Gasteiger partial charge on any atom is -0.508 e. The van der Waals surface area contributed by atoms with E-state index in [1.54, 1.807) is 0 Å². The summed E-state index contributed by atoms with van der Waals surface area (Å²) in [5, 5.41) is 13.1. The predicted octanol–water partition coefficient (Wildman–Crippen LogP) is 1.30. The van der Waals surface area contributed by atoms with Crippen LogP contribution in [0.3, 0.4) is 0 Å². The summed E-state index contributed by atoms with van der Waals surface area (Å²) in [6, 6.07) is 20.7. The van der Waals surface area contributed by atoms with Gasteiger partial charge in [0.2, 0.25) is 11.8 Å². The summed E-state index contributed by atoms with van der Waals surface area (Å²) in [7, 11) is 0. The average Bonchev–Trinajstić information content (AvgIpc) is 2.92. The molecule has 3 rings (SSSR count). The number of amides is 2. The lowest BCUT2D eigenvalue weighted by atomic mass is 9.89. The van der Waals surface area contributed by atoms with Gasteiger partial charge in [0.15, 0.2) is 11.7 Å². The Morgan fingerprint density at radius 3 is 2.00 bits per heavy atom. The fourth-order valence-electron chi connectivity index (χ4n) is 4.31. The summed E-state index contributed by atoms with van der Waals surface area (Å²) < 4.78 is 0. The lowest BCUT2D eigenvalue weighted by Gasteiger charge is -2.24. The molecule has 0 heterocycles. The number of primary amides is 1. The van der Waals surface area contributed by atoms with E-state index in [0.717, 1.165) is 11.1 Å². The Balaban J connectivity index is 1.97. The highest BCUT2D eigenvalue weighted by molar-refractivity contribution is 6.04. The second kappa shape index (κ2) is 13.7. The molecule has 2 atom stereocenters. The summed E-state index contributed by atoms with van der Waals surface area (Å²) >= 11 is 0.